The Kier molecular flexibility index (Phi) is 21.4. The van der Waals surface area contributed by atoms with Gasteiger partial charge in [0.15, 0.2) is 0 Å². The molecular weight excluding hydrogens is 1420 g/mol. The highest BCUT2D eigenvalue weighted by molar-refractivity contribution is 6.11. The first kappa shape index (κ1) is 78.8. The van der Waals surface area contributed by atoms with Crippen LogP contribution in [0.4, 0.5) is 17.1 Å². The SMILES string of the molecule is Cc1cccc2[nH]c(C(=O)N(C)[C@@H](CC(C)C)C(=O)N3C[C@]4(C[C@H]3C#N)C(=O)N(C)c3ccccc34)cc12.Cc1cccc2[nH]c(C(=O)N(C)[C@@H](CC(C)C)C(=O)N3C[C@]4(C[C@H]3C#N)C(=O)N(C)c3ccccc34)cc12.Cc1cccc2[nH]c(C(=O)N(C)[C@@H](CC(C)C)C(=O)N3C[C@]4(C[C@H]3C#N)C(=O)Nc3ccccc34)cc12. The number of aromatic amines is 3. The van der Waals surface area contributed by atoms with Gasteiger partial charge in [0.05, 0.1) is 34.5 Å². The summed E-state index contributed by atoms with van der Waals surface area (Å²) in [5.41, 5.74) is 8.96. The smallest absolute Gasteiger partial charge is 0.270 e. The van der Waals surface area contributed by atoms with Crippen molar-refractivity contribution in [1.29, 1.82) is 15.8 Å². The maximum atomic E-state index is 14.1. The first-order valence-corrected chi connectivity index (χ1v) is 38.7. The lowest BCUT2D eigenvalue weighted by Gasteiger charge is -2.33. The number of amides is 9. The van der Waals surface area contributed by atoms with E-state index in [0.717, 1.165) is 83.2 Å². The summed E-state index contributed by atoms with van der Waals surface area (Å²) in [6.45, 7) is 18.3. The van der Waals surface area contributed by atoms with Crippen LogP contribution in [0.5, 0.6) is 0 Å². The van der Waals surface area contributed by atoms with Gasteiger partial charge in [-0.05, 0) is 146 Å². The van der Waals surface area contributed by atoms with Gasteiger partial charge in [-0.3, -0.25) is 43.2 Å². The molecule has 9 aromatic rings. The summed E-state index contributed by atoms with van der Waals surface area (Å²) in [5.74, 6) is -1.80. The van der Waals surface area contributed by atoms with Gasteiger partial charge in [0.1, 0.15) is 53.3 Å². The number of likely N-dealkylation sites (tertiary alicyclic amines) is 3. The van der Waals surface area contributed by atoms with Crippen molar-refractivity contribution in [2.24, 2.45) is 17.8 Å². The molecule has 3 aromatic heterocycles. The molecule has 3 fully saturated rings. The average Bonchev–Trinajstić information content (AvgIpc) is 1.57. The Morgan fingerprint density at radius 1 is 0.434 bits per heavy atom. The van der Waals surface area contributed by atoms with Crippen LogP contribution in [0.15, 0.2) is 146 Å². The van der Waals surface area contributed by atoms with Crippen molar-refractivity contribution >= 4 is 103 Å². The van der Waals surface area contributed by atoms with Crippen LogP contribution in [-0.2, 0) is 45.0 Å². The number of anilines is 3. The van der Waals surface area contributed by atoms with Crippen molar-refractivity contribution in [1.82, 2.24) is 44.4 Å². The molecule has 9 atom stereocenters. The highest BCUT2D eigenvalue weighted by atomic mass is 16.2. The summed E-state index contributed by atoms with van der Waals surface area (Å²) < 4.78 is 0. The Hall–Kier alpha value is -12.4. The number of nitrogens with one attached hydrogen (secondary N) is 4. The third-order valence-corrected chi connectivity index (χ3v) is 24.1. The lowest BCUT2D eigenvalue weighted by molar-refractivity contribution is -0.137. The van der Waals surface area contributed by atoms with Crippen LogP contribution in [0.2, 0.25) is 0 Å². The van der Waals surface area contributed by atoms with Crippen molar-refractivity contribution in [3.05, 3.63) is 196 Å². The number of hydrogen-bond acceptors (Lipinski definition) is 12. The topological polar surface area (TPSA) is 310 Å². The van der Waals surface area contributed by atoms with E-state index in [2.05, 4.69) is 38.5 Å². The van der Waals surface area contributed by atoms with E-state index in [4.69, 9.17) is 0 Å². The number of H-pyrrole nitrogens is 3. The summed E-state index contributed by atoms with van der Waals surface area (Å²) in [7, 11) is 8.39. The summed E-state index contributed by atoms with van der Waals surface area (Å²) in [5, 5.41) is 35.9. The zero-order valence-electron chi connectivity index (χ0n) is 66.5. The highest BCUT2D eigenvalue weighted by Gasteiger charge is 2.61. The Labute approximate surface area is 658 Å². The maximum Gasteiger partial charge on any atom is 0.270 e. The Balaban J connectivity index is 0.000000148. The molecule has 0 bridgehead atoms. The minimum Gasteiger partial charge on any atom is -0.351 e. The van der Waals surface area contributed by atoms with Crippen molar-refractivity contribution in [3.63, 3.8) is 0 Å². The number of fused-ring (bicyclic) bond motifs is 9. The molecule has 4 N–H and O–H groups in total. The number of carbonyl (C=O) groups excluding carboxylic acids is 9. The standard InChI is InChI=1S/2C30H33N5O3.C29H31N5O3/c2*1-18(2)13-26(33(4)27(36)24-14-21-19(3)9-8-11-23(21)32-24)28(37)35-17-30(15-20(35)16-31)22-10-6-7-12-25(22)34(5)29(30)38;1-17(2)12-25(33(4)26(35)24-13-20-18(3)8-7-11-22(20)31-24)27(36)34-16-29(14-19(34)15-30)21-9-5-6-10-23(21)32-28(29)37/h2*6-12,14,18,20,26,32H,13,15,17H2,1-5H3;5-11,13,17,19,25,31H,12,14,16H2,1-4H3,(H,32,37)/t2*20-,26-,30-;19-,25-,29-/m000/s1. The minimum absolute atomic E-state index is 0.104. The fraction of sp³-hybridized carbons (Fsp3) is 0.393. The van der Waals surface area contributed by atoms with E-state index >= 15 is 0 Å². The molecule has 6 aliphatic rings. The molecule has 9 heterocycles. The number of aryl methyl sites for hydroxylation is 3. The van der Waals surface area contributed by atoms with Crippen LogP contribution in [0, 0.1) is 72.5 Å². The van der Waals surface area contributed by atoms with Gasteiger partial charge in [-0.2, -0.15) is 15.8 Å². The molecule has 3 spiro atoms. The van der Waals surface area contributed by atoms with E-state index in [1.807, 2.05) is 208 Å². The number of nitrogens with zero attached hydrogens (tertiary/aromatic N) is 11. The Morgan fingerprint density at radius 2 is 0.735 bits per heavy atom. The fourth-order valence-corrected chi connectivity index (χ4v) is 18.1. The minimum atomic E-state index is -0.966. The van der Waals surface area contributed by atoms with Gasteiger partial charge in [0.25, 0.3) is 17.7 Å². The molecule has 24 nitrogen and oxygen atoms in total. The van der Waals surface area contributed by atoms with E-state index < -0.39 is 52.5 Å². The lowest BCUT2D eigenvalue weighted by Crippen LogP contribution is -2.52. The van der Waals surface area contributed by atoms with Gasteiger partial charge in [-0.15, -0.1) is 0 Å². The highest BCUT2D eigenvalue weighted by Crippen LogP contribution is 2.52. The second kappa shape index (κ2) is 30.7. The second-order valence-corrected chi connectivity index (χ2v) is 32.8. The Morgan fingerprint density at radius 3 is 1.05 bits per heavy atom. The van der Waals surface area contributed by atoms with E-state index in [0.29, 0.717) is 36.3 Å². The monoisotopic (exact) mass is 1520 g/mol. The number of aromatic nitrogens is 3. The van der Waals surface area contributed by atoms with E-state index in [9.17, 15) is 58.9 Å². The third-order valence-electron chi connectivity index (χ3n) is 24.1. The van der Waals surface area contributed by atoms with Crippen molar-refractivity contribution in [2.45, 2.75) is 153 Å². The molecule has 3 saturated heterocycles. The molecule has 582 valence electrons. The first-order chi connectivity index (χ1) is 53.8. The van der Waals surface area contributed by atoms with E-state index in [1.165, 1.54) is 29.4 Å². The number of nitriles is 3. The largest absolute Gasteiger partial charge is 0.351 e. The van der Waals surface area contributed by atoms with Gasteiger partial charge in [0.2, 0.25) is 35.4 Å². The normalized spacial score (nSPS) is 21.3. The van der Waals surface area contributed by atoms with Crippen LogP contribution in [0.1, 0.15) is 145 Å². The van der Waals surface area contributed by atoms with Crippen LogP contribution >= 0.6 is 0 Å². The zero-order valence-corrected chi connectivity index (χ0v) is 66.5. The molecule has 6 aromatic carbocycles. The molecule has 6 aliphatic heterocycles. The molecule has 0 unspecified atom stereocenters. The Bertz CT molecular complexity index is 5250. The third kappa shape index (κ3) is 13.8. The number of benzene rings is 6. The fourth-order valence-electron chi connectivity index (χ4n) is 18.1. The molecule has 24 heteroatoms. The number of para-hydroxylation sites is 3. The van der Waals surface area contributed by atoms with Crippen LogP contribution in [-0.4, -0.2) is 189 Å². The molecule has 0 radical (unpaired) electrons. The van der Waals surface area contributed by atoms with Gasteiger partial charge < -0.3 is 59.5 Å². The van der Waals surface area contributed by atoms with Crippen LogP contribution in [0.25, 0.3) is 32.7 Å². The molecule has 0 saturated carbocycles. The lowest BCUT2D eigenvalue weighted by atomic mass is 9.79. The molecule has 15 rings (SSSR count). The molecule has 9 amide bonds. The van der Waals surface area contributed by atoms with Gasteiger partial charge in [0, 0.05) is 124 Å². The summed E-state index contributed by atoms with van der Waals surface area (Å²) in [4.78, 5) is 145. The second-order valence-electron chi connectivity index (χ2n) is 32.8. The first-order valence-electron chi connectivity index (χ1n) is 38.7. The number of hydrogen-bond donors (Lipinski definition) is 4. The maximum absolute atomic E-state index is 14.1. The number of rotatable bonds is 15. The van der Waals surface area contributed by atoms with Crippen molar-refractivity contribution in [3.8, 4) is 18.2 Å². The zero-order chi connectivity index (χ0) is 81.2. The van der Waals surface area contributed by atoms with Crippen LogP contribution < -0.4 is 15.1 Å². The van der Waals surface area contributed by atoms with Gasteiger partial charge >= 0.3 is 0 Å². The summed E-state index contributed by atoms with van der Waals surface area (Å²) >= 11 is 0. The van der Waals surface area contributed by atoms with Gasteiger partial charge in [-0.25, -0.2) is 0 Å². The molecular formula is C89H97N15O9. The predicted octanol–water partition coefficient (Wildman–Crippen LogP) is 12.0. The molecule has 113 heavy (non-hydrogen) atoms. The van der Waals surface area contributed by atoms with Crippen molar-refractivity contribution in [2.75, 3.05) is 70.0 Å². The van der Waals surface area contributed by atoms with E-state index in [1.54, 1.807) is 45.0 Å². The quantitative estimate of drug-likeness (QED) is 0.0745. The van der Waals surface area contributed by atoms with Crippen LogP contribution in [0.3, 0.4) is 0 Å². The predicted molar refractivity (Wildman–Crippen MR) is 432 cm³/mol. The van der Waals surface area contributed by atoms with E-state index in [-0.39, 0.29) is 110 Å². The summed E-state index contributed by atoms with van der Waals surface area (Å²) in [6.07, 6.45) is 2.01. The van der Waals surface area contributed by atoms with Gasteiger partial charge in [-0.1, -0.05) is 133 Å². The van der Waals surface area contributed by atoms with Crippen molar-refractivity contribution < 1.29 is 43.2 Å². The number of carbonyl (C=O) groups is 9. The molecule has 0 aliphatic carbocycles. The average molecular weight is 1520 g/mol. The summed E-state index contributed by atoms with van der Waals surface area (Å²) in [6, 6.07) is 47.8. The number of likely N-dealkylation sites (N-methyl/N-ethyl adjacent to an activating group) is 5.